The minimum atomic E-state index is 0.722. The molecule has 1 fully saturated rings. The van der Waals surface area contributed by atoms with Crippen LogP contribution in [0.15, 0.2) is 24.3 Å². The van der Waals surface area contributed by atoms with Crippen molar-refractivity contribution in [1.29, 1.82) is 0 Å². The van der Waals surface area contributed by atoms with E-state index in [1.165, 1.54) is 24.8 Å². The predicted molar refractivity (Wildman–Crippen MR) is 68.6 cm³/mol. The summed E-state index contributed by atoms with van der Waals surface area (Å²) in [6.07, 6.45) is 3.98. The summed E-state index contributed by atoms with van der Waals surface area (Å²) < 4.78 is 0. The fourth-order valence-corrected chi connectivity index (χ4v) is 2.35. The zero-order chi connectivity index (χ0) is 11.4. The van der Waals surface area contributed by atoms with Gasteiger partial charge in [0.1, 0.15) is 0 Å². The predicted octanol–water partition coefficient (Wildman–Crippen LogP) is 2.65. The number of benzene rings is 1. The largest absolute Gasteiger partial charge is 0.329 e. The van der Waals surface area contributed by atoms with E-state index in [-0.39, 0.29) is 0 Å². The van der Waals surface area contributed by atoms with E-state index in [9.17, 15) is 0 Å². The Morgan fingerprint density at radius 1 is 1.31 bits per heavy atom. The van der Waals surface area contributed by atoms with Crippen LogP contribution < -0.4 is 5.73 Å². The molecule has 3 heteroatoms. The first kappa shape index (κ1) is 11.9. The molecule has 0 bridgehead atoms. The van der Waals surface area contributed by atoms with Crippen molar-refractivity contribution in [1.82, 2.24) is 4.90 Å². The average molecular weight is 239 g/mol. The second-order valence-electron chi connectivity index (χ2n) is 4.44. The van der Waals surface area contributed by atoms with E-state index in [0.717, 1.165) is 30.7 Å². The van der Waals surface area contributed by atoms with Crippen molar-refractivity contribution >= 4 is 11.6 Å². The molecule has 0 saturated heterocycles. The Bertz CT molecular complexity index is 336. The van der Waals surface area contributed by atoms with Crippen LogP contribution in [0.4, 0.5) is 0 Å². The van der Waals surface area contributed by atoms with E-state index in [1.807, 2.05) is 18.2 Å². The minimum absolute atomic E-state index is 0.722. The fraction of sp³-hybridized carbons (Fsp3) is 0.538. The normalized spacial score (nSPS) is 16.4. The van der Waals surface area contributed by atoms with Gasteiger partial charge >= 0.3 is 0 Å². The van der Waals surface area contributed by atoms with Gasteiger partial charge in [-0.3, -0.25) is 4.90 Å². The third-order valence-electron chi connectivity index (χ3n) is 3.34. The maximum Gasteiger partial charge on any atom is 0.0451 e. The standard InChI is InChI=1S/C13H19ClN2/c14-13-7-2-1-4-11(13)10-16(9-8-15)12-5-3-6-12/h1-2,4,7,12H,3,5-6,8-10,15H2. The van der Waals surface area contributed by atoms with Gasteiger partial charge in [0.15, 0.2) is 0 Å². The first-order chi connectivity index (χ1) is 7.81. The van der Waals surface area contributed by atoms with E-state index >= 15 is 0 Å². The molecular weight excluding hydrogens is 220 g/mol. The summed E-state index contributed by atoms with van der Waals surface area (Å²) >= 11 is 6.18. The average Bonchev–Trinajstić information content (AvgIpc) is 2.19. The molecule has 2 rings (SSSR count). The lowest BCUT2D eigenvalue weighted by molar-refractivity contribution is 0.123. The van der Waals surface area contributed by atoms with Crippen molar-refractivity contribution in [3.63, 3.8) is 0 Å². The van der Waals surface area contributed by atoms with Gasteiger partial charge in [-0.1, -0.05) is 36.2 Å². The molecule has 2 N–H and O–H groups in total. The lowest BCUT2D eigenvalue weighted by Crippen LogP contribution is -2.42. The molecule has 0 heterocycles. The summed E-state index contributed by atoms with van der Waals surface area (Å²) in [5.41, 5.74) is 6.88. The van der Waals surface area contributed by atoms with Gasteiger partial charge < -0.3 is 5.73 Å². The van der Waals surface area contributed by atoms with Gasteiger partial charge in [-0.05, 0) is 24.5 Å². The highest BCUT2D eigenvalue weighted by Crippen LogP contribution is 2.27. The molecule has 1 aliphatic carbocycles. The monoisotopic (exact) mass is 238 g/mol. The van der Waals surface area contributed by atoms with Gasteiger partial charge in [-0.25, -0.2) is 0 Å². The fourth-order valence-electron chi connectivity index (χ4n) is 2.15. The molecule has 0 amide bonds. The third-order valence-corrected chi connectivity index (χ3v) is 3.71. The molecule has 1 aromatic carbocycles. The summed E-state index contributed by atoms with van der Waals surface area (Å²) in [5, 5.41) is 0.865. The molecular formula is C13H19ClN2. The van der Waals surface area contributed by atoms with Crippen LogP contribution in [0.5, 0.6) is 0 Å². The lowest BCUT2D eigenvalue weighted by Gasteiger charge is -2.37. The van der Waals surface area contributed by atoms with Crippen LogP contribution in [0.2, 0.25) is 5.02 Å². The third kappa shape index (κ3) is 2.76. The second-order valence-corrected chi connectivity index (χ2v) is 4.84. The van der Waals surface area contributed by atoms with Gasteiger partial charge in [0.25, 0.3) is 0 Å². The molecule has 88 valence electrons. The van der Waals surface area contributed by atoms with Crippen LogP contribution in [-0.4, -0.2) is 24.0 Å². The van der Waals surface area contributed by atoms with Gasteiger partial charge in [0.05, 0.1) is 0 Å². The molecule has 0 atom stereocenters. The molecule has 2 nitrogen and oxygen atoms in total. The quantitative estimate of drug-likeness (QED) is 0.855. The number of hydrogen-bond acceptors (Lipinski definition) is 2. The minimum Gasteiger partial charge on any atom is -0.329 e. The summed E-state index contributed by atoms with van der Waals surface area (Å²) in [7, 11) is 0. The Balaban J connectivity index is 2.01. The Kier molecular flexibility index (Phi) is 4.22. The SMILES string of the molecule is NCCN(Cc1ccccc1Cl)C1CCC1. The van der Waals surface area contributed by atoms with Crippen molar-refractivity contribution in [3.8, 4) is 0 Å². The number of nitrogens with two attached hydrogens (primary N) is 1. The van der Waals surface area contributed by atoms with Crippen LogP contribution in [0.25, 0.3) is 0 Å². The Morgan fingerprint density at radius 3 is 2.62 bits per heavy atom. The van der Waals surface area contributed by atoms with Crippen LogP contribution in [0, 0.1) is 0 Å². The van der Waals surface area contributed by atoms with Crippen molar-refractivity contribution < 1.29 is 0 Å². The van der Waals surface area contributed by atoms with E-state index in [0.29, 0.717) is 0 Å². The Labute approximate surface area is 102 Å². The van der Waals surface area contributed by atoms with E-state index in [2.05, 4.69) is 11.0 Å². The van der Waals surface area contributed by atoms with Gasteiger partial charge in [-0.15, -0.1) is 0 Å². The molecule has 1 aliphatic rings. The van der Waals surface area contributed by atoms with Gasteiger partial charge in [0, 0.05) is 30.7 Å². The first-order valence-corrected chi connectivity index (χ1v) is 6.36. The zero-order valence-electron chi connectivity index (χ0n) is 9.53. The highest BCUT2D eigenvalue weighted by atomic mass is 35.5. The van der Waals surface area contributed by atoms with Crippen LogP contribution in [0.1, 0.15) is 24.8 Å². The number of nitrogens with zero attached hydrogens (tertiary/aromatic N) is 1. The number of hydrogen-bond donors (Lipinski definition) is 1. The van der Waals surface area contributed by atoms with Gasteiger partial charge in [-0.2, -0.15) is 0 Å². The molecule has 1 aromatic rings. The lowest BCUT2D eigenvalue weighted by atomic mass is 9.91. The molecule has 0 radical (unpaired) electrons. The molecule has 16 heavy (non-hydrogen) atoms. The molecule has 0 aliphatic heterocycles. The van der Waals surface area contributed by atoms with E-state index in [4.69, 9.17) is 17.3 Å². The van der Waals surface area contributed by atoms with E-state index in [1.54, 1.807) is 0 Å². The van der Waals surface area contributed by atoms with E-state index < -0.39 is 0 Å². The zero-order valence-corrected chi connectivity index (χ0v) is 10.3. The van der Waals surface area contributed by atoms with Gasteiger partial charge in [0.2, 0.25) is 0 Å². The Morgan fingerprint density at radius 2 is 2.06 bits per heavy atom. The maximum atomic E-state index is 6.18. The van der Waals surface area contributed by atoms with Crippen LogP contribution >= 0.6 is 11.6 Å². The van der Waals surface area contributed by atoms with Crippen molar-refractivity contribution in [2.75, 3.05) is 13.1 Å². The topological polar surface area (TPSA) is 29.3 Å². The first-order valence-electron chi connectivity index (χ1n) is 5.99. The molecule has 1 saturated carbocycles. The van der Waals surface area contributed by atoms with Crippen LogP contribution in [0.3, 0.4) is 0 Å². The molecule has 0 unspecified atom stereocenters. The molecule has 0 aromatic heterocycles. The highest BCUT2D eigenvalue weighted by molar-refractivity contribution is 6.31. The Hall–Kier alpha value is -0.570. The summed E-state index contributed by atoms with van der Waals surface area (Å²) in [6.45, 7) is 2.62. The number of rotatable bonds is 5. The summed E-state index contributed by atoms with van der Waals surface area (Å²) in [5.74, 6) is 0. The highest BCUT2D eigenvalue weighted by Gasteiger charge is 2.24. The van der Waals surface area contributed by atoms with Crippen molar-refractivity contribution in [2.45, 2.75) is 31.8 Å². The second kappa shape index (κ2) is 5.67. The van der Waals surface area contributed by atoms with Crippen molar-refractivity contribution in [3.05, 3.63) is 34.9 Å². The smallest absolute Gasteiger partial charge is 0.0451 e. The number of halogens is 1. The molecule has 0 spiro atoms. The van der Waals surface area contributed by atoms with Crippen molar-refractivity contribution in [2.24, 2.45) is 5.73 Å². The summed E-state index contributed by atoms with van der Waals surface area (Å²) in [6, 6.07) is 8.80. The maximum absolute atomic E-state index is 6.18. The van der Waals surface area contributed by atoms with Crippen LogP contribution in [-0.2, 0) is 6.54 Å². The summed E-state index contributed by atoms with van der Waals surface area (Å²) in [4.78, 5) is 2.46.